The highest BCUT2D eigenvalue weighted by Gasteiger charge is 2.46. The summed E-state index contributed by atoms with van der Waals surface area (Å²) in [4.78, 5) is 27.9. The Bertz CT molecular complexity index is 1450. The van der Waals surface area contributed by atoms with Gasteiger partial charge in [0.2, 0.25) is 10.9 Å². The van der Waals surface area contributed by atoms with Crippen molar-refractivity contribution in [2.45, 2.75) is 13.0 Å². The SMILES string of the molecule is COc1cccc2cc(C(=O)C3=C(O)C(=O)N(c4nnc(C)s4)[C@H]3c3cccc(O)c3)oc12. The fourth-order valence-electron chi connectivity index (χ4n) is 3.87. The molecule has 1 aliphatic rings. The topological polar surface area (TPSA) is 126 Å². The number of carbonyl (C=O) groups is 2. The number of Topliss-reactive ketones (excluding diaryl/α,β-unsaturated/α-hetero) is 1. The van der Waals surface area contributed by atoms with Gasteiger partial charge in [0.25, 0.3) is 5.91 Å². The van der Waals surface area contributed by atoms with Gasteiger partial charge in [-0.15, -0.1) is 10.2 Å². The average Bonchev–Trinajstić information content (AvgIpc) is 3.49. The maximum Gasteiger partial charge on any atom is 0.296 e. The molecule has 1 amide bonds. The van der Waals surface area contributed by atoms with Crippen molar-refractivity contribution in [1.82, 2.24) is 10.2 Å². The minimum absolute atomic E-state index is 0.0556. The number of nitrogens with zero attached hydrogens (tertiary/aromatic N) is 3. The van der Waals surface area contributed by atoms with E-state index in [1.807, 2.05) is 0 Å². The zero-order chi connectivity index (χ0) is 23.3. The molecule has 3 heterocycles. The van der Waals surface area contributed by atoms with Crippen molar-refractivity contribution < 1.29 is 29.0 Å². The minimum Gasteiger partial charge on any atom is -0.508 e. The lowest BCUT2D eigenvalue weighted by Gasteiger charge is -2.23. The van der Waals surface area contributed by atoms with Crippen molar-refractivity contribution in [2.24, 2.45) is 0 Å². The van der Waals surface area contributed by atoms with Gasteiger partial charge in [-0.05, 0) is 36.8 Å². The number of hydrogen-bond donors (Lipinski definition) is 2. The molecule has 10 heteroatoms. The number of aliphatic hydroxyl groups is 1. The summed E-state index contributed by atoms with van der Waals surface area (Å²) in [7, 11) is 1.49. The number of phenolic OH excluding ortho intramolecular Hbond substituents is 1. The first kappa shape index (κ1) is 20.7. The highest BCUT2D eigenvalue weighted by molar-refractivity contribution is 7.15. The molecule has 2 aromatic carbocycles. The van der Waals surface area contributed by atoms with Gasteiger partial charge in [-0.25, -0.2) is 0 Å². The molecule has 5 rings (SSSR count). The molecule has 0 unspecified atom stereocenters. The van der Waals surface area contributed by atoms with Crippen LogP contribution in [0.4, 0.5) is 5.13 Å². The molecule has 166 valence electrons. The van der Waals surface area contributed by atoms with E-state index >= 15 is 0 Å². The molecule has 0 spiro atoms. The first-order valence-electron chi connectivity index (χ1n) is 9.86. The van der Waals surface area contributed by atoms with Crippen LogP contribution >= 0.6 is 11.3 Å². The number of hydrogen-bond acceptors (Lipinski definition) is 9. The number of anilines is 1. The summed E-state index contributed by atoms with van der Waals surface area (Å²) >= 11 is 1.14. The average molecular weight is 463 g/mol. The van der Waals surface area contributed by atoms with Crippen molar-refractivity contribution >= 4 is 39.1 Å². The number of para-hydroxylation sites is 1. The van der Waals surface area contributed by atoms with Gasteiger partial charge in [0, 0.05) is 5.39 Å². The standard InChI is InChI=1S/C23H17N3O6S/c1-11-24-25-23(33-11)26-18(12-5-3-7-14(27)9-12)17(20(29)22(26)30)19(28)16-10-13-6-4-8-15(31-2)21(13)32-16/h3-10,18,27,29H,1-2H3/t18-/m0/s1. The molecule has 0 saturated carbocycles. The lowest BCUT2D eigenvalue weighted by atomic mass is 9.95. The lowest BCUT2D eigenvalue weighted by Crippen LogP contribution is -2.31. The largest absolute Gasteiger partial charge is 0.508 e. The molecule has 33 heavy (non-hydrogen) atoms. The number of ether oxygens (including phenoxy) is 1. The molecule has 0 aliphatic carbocycles. The van der Waals surface area contributed by atoms with Crippen LogP contribution in [0.3, 0.4) is 0 Å². The van der Waals surface area contributed by atoms with Gasteiger partial charge in [0.15, 0.2) is 22.9 Å². The maximum atomic E-state index is 13.6. The fourth-order valence-corrected chi connectivity index (χ4v) is 4.58. The van der Waals surface area contributed by atoms with Crippen molar-refractivity contribution in [3.05, 3.63) is 76.2 Å². The molecule has 1 atom stereocenters. The number of amides is 1. The van der Waals surface area contributed by atoms with Gasteiger partial charge in [0.05, 0.1) is 18.7 Å². The van der Waals surface area contributed by atoms with E-state index in [2.05, 4.69) is 10.2 Å². The number of aromatic hydroxyl groups is 1. The van der Waals surface area contributed by atoms with Gasteiger partial charge in [-0.1, -0.05) is 35.6 Å². The number of carbonyl (C=O) groups excluding carboxylic acids is 2. The molecule has 0 radical (unpaired) electrons. The molecular formula is C23H17N3O6S. The summed E-state index contributed by atoms with van der Waals surface area (Å²) in [5.41, 5.74) is 0.604. The Morgan fingerprint density at radius 1 is 1.15 bits per heavy atom. The first-order valence-corrected chi connectivity index (χ1v) is 10.7. The highest BCUT2D eigenvalue weighted by atomic mass is 32.1. The van der Waals surface area contributed by atoms with Gasteiger partial charge in [-0.3, -0.25) is 14.5 Å². The molecule has 2 N–H and O–H groups in total. The zero-order valence-corrected chi connectivity index (χ0v) is 18.3. The second-order valence-corrected chi connectivity index (χ2v) is 8.52. The van der Waals surface area contributed by atoms with Crippen LogP contribution in [0, 0.1) is 6.92 Å². The Labute approximate surface area is 191 Å². The molecular weight excluding hydrogens is 446 g/mol. The third kappa shape index (κ3) is 3.31. The van der Waals surface area contributed by atoms with Crippen molar-refractivity contribution in [1.29, 1.82) is 0 Å². The van der Waals surface area contributed by atoms with Crippen LogP contribution < -0.4 is 9.64 Å². The normalized spacial score (nSPS) is 16.1. The third-order valence-corrected chi connectivity index (χ3v) is 6.15. The zero-order valence-electron chi connectivity index (χ0n) is 17.5. The number of furan rings is 1. The predicted molar refractivity (Wildman–Crippen MR) is 120 cm³/mol. The smallest absolute Gasteiger partial charge is 0.296 e. The monoisotopic (exact) mass is 463 g/mol. The van der Waals surface area contributed by atoms with E-state index in [0.717, 1.165) is 11.3 Å². The Balaban J connectivity index is 1.67. The summed E-state index contributed by atoms with van der Waals surface area (Å²) in [5.74, 6) is -1.85. The van der Waals surface area contributed by atoms with Crippen LogP contribution in [-0.4, -0.2) is 39.2 Å². The molecule has 4 aromatic rings. The number of aryl methyl sites for hydroxylation is 1. The highest BCUT2D eigenvalue weighted by Crippen LogP contribution is 2.44. The quantitative estimate of drug-likeness (QED) is 0.424. The van der Waals surface area contributed by atoms with E-state index in [-0.39, 0.29) is 22.2 Å². The number of benzene rings is 2. The Kier molecular flexibility index (Phi) is 4.86. The molecule has 1 aliphatic heterocycles. The van der Waals surface area contributed by atoms with E-state index in [0.29, 0.717) is 27.3 Å². The van der Waals surface area contributed by atoms with Crippen LogP contribution in [0.2, 0.25) is 0 Å². The Morgan fingerprint density at radius 2 is 1.94 bits per heavy atom. The molecule has 0 fully saturated rings. The number of ketones is 1. The van der Waals surface area contributed by atoms with Gasteiger partial charge in [0.1, 0.15) is 10.8 Å². The van der Waals surface area contributed by atoms with E-state index < -0.39 is 23.5 Å². The number of fused-ring (bicyclic) bond motifs is 1. The summed E-state index contributed by atoms with van der Waals surface area (Å²) < 4.78 is 11.1. The lowest BCUT2D eigenvalue weighted by molar-refractivity contribution is -0.117. The Morgan fingerprint density at radius 3 is 2.64 bits per heavy atom. The number of aromatic nitrogens is 2. The molecule has 9 nitrogen and oxygen atoms in total. The number of phenols is 1. The van der Waals surface area contributed by atoms with Gasteiger partial charge in [-0.2, -0.15) is 0 Å². The number of methoxy groups -OCH3 is 1. The van der Waals surface area contributed by atoms with E-state index in [1.54, 1.807) is 37.3 Å². The number of rotatable bonds is 5. The van der Waals surface area contributed by atoms with Crippen molar-refractivity contribution in [2.75, 3.05) is 12.0 Å². The number of aliphatic hydroxyl groups excluding tert-OH is 1. The van der Waals surface area contributed by atoms with Crippen LogP contribution in [-0.2, 0) is 4.79 Å². The summed E-state index contributed by atoms with van der Waals surface area (Å²) in [6.07, 6.45) is 0. The summed E-state index contributed by atoms with van der Waals surface area (Å²) in [5, 5.41) is 30.3. The summed E-state index contributed by atoms with van der Waals surface area (Å²) in [6.45, 7) is 1.73. The van der Waals surface area contributed by atoms with Crippen LogP contribution in [0.5, 0.6) is 11.5 Å². The molecule has 2 aromatic heterocycles. The van der Waals surface area contributed by atoms with E-state index in [4.69, 9.17) is 9.15 Å². The van der Waals surface area contributed by atoms with E-state index in [9.17, 15) is 19.8 Å². The van der Waals surface area contributed by atoms with Crippen molar-refractivity contribution in [3.63, 3.8) is 0 Å². The first-order chi connectivity index (χ1) is 15.9. The van der Waals surface area contributed by atoms with E-state index in [1.165, 1.54) is 30.2 Å². The molecule has 0 saturated heterocycles. The summed E-state index contributed by atoms with van der Waals surface area (Å²) in [6, 6.07) is 11.8. The Hall–Kier alpha value is -4.18. The second kappa shape index (κ2) is 7.75. The van der Waals surface area contributed by atoms with Crippen LogP contribution in [0.1, 0.15) is 27.2 Å². The maximum absolute atomic E-state index is 13.6. The van der Waals surface area contributed by atoms with Crippen LogP contribution in [0.15, 0.2) is 64.3 Å². The third-order valence-electron chi connectivity index (χ3n) is 5.31. The molecule has 0 bridgehead atoms. The predicted octanol–water partition coefficient (Wildman–Crippen LogP) is 4.09. The minimum atomic E-state index is -1.04. The fraction of sp³-hybridized carbons (Fsp3) is 0.130. The van der Waals surface area contributed by atoms with Crippen LogP contribution in [0.25, 0.3) is 11.0 Å². The van der Waals surface area contributed by atoms with Crippen molar-refractivity contribution in [3.8, 4) is 11.5 Å². The van der Waals surface area contributed by atoms with Gasteiger partial charge >= 0.3 is 0 Å². The van der Waals surface area contributed by atoms with Gasteiger partial charge < -0.3 is 19.4 Å². The second-order valence-electron chi connectivity index (χ2n) is 7.36.